The number of nitrogens with one attached hydrogen (secondary N) is 1. The summed E-state index contributed by atoms with van der Waals surface area (Å²) in [6.07, 6.45) is 0.900. The van der Waals surface area contributed by atoms with Gasteiger partial charge in [0.15, 0.2) is 0 Å². The third-order valence-electron chi connectivity index (χ3n) is 3.54. The molecule has 0 aromatic heterocycles. The summed E-state index contributed by atoms with van der Waals surface area (Å²) in [5, 5.41) is 4.16. The molecule has 1 unspecified atom stereocenters. The maximum Gasteiger partial charge on any atom is 0.124 e. The second-order valence-electron chi connectivity index (χ2n) is 5.15. The Morgan fingerprint density at radius 1 is 1.14 bits per heavy atom. The molecule has 2 aromatic rings. The largest absolute Gasteiger partial charge is 0.494 e. The molecule has 0 spiro atoms. The third kappa shape index (κ3) is 4.23. The van der Waals surface area contributed by atoms with E-state index in [-0.39, 0.29) is 6.04 Å². The van der Waals surface area contributed by atoms with Crippen LogP contribution in [0.15, 0.2) is 42.5 Å². The molecule has 0 bridgehead atoms. The molecule has 0 fully saturated rings. The molecule has 112 valence electrons. The molecule has 2 nitrogen and oxygen atoms in total. The van der Waals surface area contributed by atoms with Gasteiger partial charge >= 0.3 is 0 Å². The smallest absolute Gasteiger partial charge is 0.124 e. The fourth-order valence-electron chi connectivity index (χ4n) is 2.45. The van der Waals surface area contributed by atoms with Gasteiger partial charge in [-0.2, -0.15) is 0 Å². The van der Waals surface area contributed by atoms with Gasteiger partial charge in [-0.25, -0.2) is 0 Å². The fourth-order valence-corrected chi connectivity index (χ4v) is 2.58. The number of ether oxygens (including phenoxy) is 1. The Morgan fingerprint density at radius 2 is 1.86 bits per heavy atom. The molecule has 2 rings (SSSR count). The van der Waals surface area contributed by atoms with Crippen LogP contribution in [0.4, 0.5) is 0 Å². The van der Waals surface area contributed by atoms with Crippen LogP contribution in [-0.4, -0.2) is 13.7 Å². The summed E-state index contributed by atoms with van der Waals surface area (Å²) in [5.41, 5.74) is 3.70. The standard InChI is InChI=1S/C18H22ClNO/c1-4-21-18-10-5-13(2)11-16(18)17(20-3)12-14-6-8-15(19)9-7-14/h5-11,17,20H,4,12H2,1-3H3. The van der Waals surface area contributed by atoms with Crippen LogP contribution in [0.1, 0.15) is 29.7 Å². The first-order chi connectivity index (χ1) is 10.1. The zero-order chi connectivity index (χ0) is 15.2. The zero-order valence-electron chi connectivity index (χ0n) is 12.8. The monoisotopic (exact) mass is 303 g/mol. The quantitative estimate of drug-likeness (QED) is 0.845. The highest BCUT2D eigenvalue weighted by molar-refractivity contribution is 6.30. The van der Waals surface area contributed by atoms with Crippen LogP contribution in [0.25, 0.3) is 0 Å². The van der Waals surface area contributed by atoms with Crippen molar-refractivity contribution in [3.8, 4) is 5.75 Å². The van der Waals surface area contributed by atoms with E-state index < -0.39 is 0 Å². The lowest BCUT2D eigenvalue weighted by molar-refractivity contribution is 0.332. The van der Waals surface area contributed by atoms with Crippen molar-refractivity contribution in [2.24, 2.45) is 0 Å². The van der Waals surface area contributed by atoms with Crippen molar-refractivity contribution in [1.29, 1.82) is 0 Å². The van der Waals surface area contributed by atoms with E-state index in [1.807, 2.05) is 26.1 Å². The summed E-state index contributed by atoms with van der Waals surface area (Å²) in [6, 6.07) is 14.6. The van der Waals surface area contributed by atoms with Crippen molar-refractivity contribution in [2.45, 2.75) is 26.3 Å². The zero-order valence-corrected chi connectivity index (χ0v) is 13.6. The van der Waals surface area contributed by atoms with E-state index >= 15 is 0 Å². The summed E-state index contributed by atoms with van der Waals surface area (Å²) in [4.78, 5) is 0. The summed E-state index contributed by atoms with van der Waals surface area (Å²) >= 11 is 5.95. The average Bonchev–Trinajstić information content (AvgIpc) is 2.49. The molecule has 1 N–H and O–H groups in total. The van der Waals surface area contributed by atoms with Crippen molar-refractivity contribution in [1.82, 2.24) is 5.32 Å². The number of rotatable bonds is 6. The molecule has 0 radical (unpaired) electrons. The van der Waals surface area contributed by atoms with Gasteiger partial charge in [0.05, 0.1) is 6.61 Å². The molecule has 2 aromatic carbocycles. The van der Waals surface area contributed by atoms with Crippen LogP contribution < -0.4 is 10.1 Å². The van der Waals surface area contributed by atoms with Crippen LogP contribution in [0.2, 0.25) is 5.02 Å². The minimum atomic E-state index is 0.215. The van der Waals surface area contributed by atoms with Gasteiger partial charge < -0.3 is 10.1 Å². The summed E-state index contributed by atoms with van der Waals surface area (Å²) in [7, 11) is 1.98. The number of likely N-dealkylation sites (N-methyl/N-ethyl adjacent to an activating group) is 1. The summed E-state index contributed by atoms with van der Waals surface area (Å²) in [6.45, 7) is 4.79. The van der Waals surface area contributed by atoms with Crippen molar-refractivity contribution in [3.05, 3.63) is 64.2 Å². The maximum absolute atomic E-state index is 5.95. The van der Waals surface area contributed by atoms with E-state index in [2.05, 4.69) is 42.6 Å². The second kappa shape index (κ2) is 7.48. The van der Waals surface area contributed by atoms with Crippen molar-refractivity contribution < 1.29 is 4.74 Å². The molecular formula is C18H22ClNO. The predicted octanol–water partition coefficient (Wildman–Crippen LogP) is 4.55. The SMILES string of the molecule is CCOc1ccc(C)cc1C(Cc1ccc(Cl)cc1)NC. The predicted molar refractivity (Wildman–Crippen MR) is 89.3 cm³/mol. The van der Waals surface area contributed by atoms with Gasteiger partial charge in [-0.15, -0.1) is 0 Å². The number of hydrogen-bond acceptors (Lipinski definition) is 2. The Labute approximate surface area is 132 Å². The van der Waals surface area contributed by atoms with Crippen molar-refractivity contribution >= 4 is 11.6 Å². The molecular weight excluding hydrogens is 282 g/mol. The Balaban J connectivity index is 2.27. The minimum Gasteiger partial charge on any atom is -0.494 e. The summed E-state index contributed by atoms with van der Waals surface area (Å²) in [5.74, 6) is 0.955. The van der Waals surface area contributed by atoms with E-state index in [1.165, 1.54) is 16.7 Å². The van der Waals surface area contributed by atoms with Gasteiger partial charge in [-0.3, -0.25) is 0 Å². The highest BCUT2D eigenvalue weighted by Crippen LogP contribution is 2.29. The van der Waals surface area contributed by atoms with Crippen LogP contribution in [0.5, 0.6) is 5.75 Å². The fraction of sp³-hybridized carbons (Fsp3) is 0.333. The topological polar surface area (TPSA) is 21.3 Å². The highest BCUT2D eigenvalue weighted by Gasteiger charge is 2.15. The molecule has 21 heavy (non-hydrogen) atoms. The van der Waals surface area contributed by atoms with Gasteiger partial charge in [0.25, 0.3) is 0 Å². The molecule has 0 aliphatic carbocycles. The van der Waals surface area contributed by atoms with Crippen LogP contribution in [-0.2, 0) is 6.42 Å². The Bertz CT molecular complexity index is 580. The first kappa shape index (κ1) is 15.9. The Kier molecular flexibility index (Phi) is 5.66. The van der Waals surface area contributed by atoms with Crippen molar-refractivity contribution in [3.63, 3.8) is 0 Å². The van der Waals surface area contributed by atoms with E-state index in [1.54, 1.807) is 0 Å². The minimum absolute atomic E-state index is 0.215. The van der Waals surface area contributed by atoms with Crippen LogP contribution in [0, 0.1) is 6.92 Å². The average molecular weight is 304 g/mol. The van der Waals surface area contributed by atoms with Gasteiger partial charge in [0.2, 0.25) is 0 Å². The number of halogens is 1. The van der Waals surface area contributed by atoms with E-state index in [0.717, 1.165) is 17.2 Å². The molecule has 1 atom stereocenters. The lowest BCUT2D eigenvalue weighted by Gasteiger charge is -2.21. The first-order valence-corrected chi connectivity index (χ1v) is 7.67. The van der Waals surface area contributed by atoms with Crippen LogP contribution >= 0.6 is 11.6 Å². The third-order valence-corrected chi connectivity index (χ3v) is 3.79. The molecule has 3 heteroatoms. The van der Waals surface area contributed by atoms with Crippen molar-refractivity contribution in [2.75, 3.05) is 13.7 Å². The number of hydrogen-bond donors (Lipinski definition) is 1. The maximum atomic E-state index is 5.95. The van der Waals surface area contributed by atoms with Gasteiger partial charge in [0.1, 0.15) is 5.75 Å². The lowest BCUT2D eigenvalue weighted by Crippen LogP contribution is -2.20. The van der Waals surface area contributed by atoms with Gasteiger partial charge in [-0.1, -0.05) is 41.4 Å². The first-order valence-electron chi connectivity index (χ1n) is 7.29. The van der Waals surface area contributed by atoms with Gasteiger partial charge in [0, 0.05) is 16.6 Å². The molecule has 0 aliphatic rings. The van der Waals surface area contributed by atoms with E-state index in [9.17, 15) is 0 Å². The molecule has 0 heterocycles. The Morgan fingerprint density at radius 3 is 2.48 bits per heavy atom. The Hall–Kier alpha value is -1.51. The second-order valence-corrected chi connectivity index (χ2v) is 5.58. The van der Waals surface area contributed by atoms with E-state index in [0.29, 0.717) is 6.61 Å². The number of aryl methyl sites for hydroxylation is 1. The lowest BCUT2D eigenvalue weighted by atomic mass is 9.97. The molecule has 0 saturated heterocycles. The number of benzene rings is 2. The van der Waals surface area contributed by atoms with Gasteiger partial charge in [-0.05, 0) is 51.1 Å². The highest BCUT2D eigenvalue weighted by atomic mass is 35.5. The molecule has 0 saturated carbocycles. The molecule has 0 amide bonds. The normalized spacial score (nSPS) is 12.2. The van der Waals surface area contributed by atoms with E-state index in [4.69, 9.17) is 16.3 Å². The molecule has 0 aliphatic heterocycles. The van der Waals surface area contributed by atoms with Crippen LogP contribution in [0.3, 0.4) is 0 Å². The summed E-state index contributed by atoms with van der Waals surface area (Å²) < 4.78 is 5.77.